The van der Waals surface area contributed by atoms with Crippen LogP contribution in [0.25, 0.3) is 11.1 Å². The quantitative estimate of drug-likeness (QED) is 0.497. The molecule has 2 aromatic carbocycles. The van der Waals surface area contributed by atoms with Crippen molar-refractivity contribution in [3.05, 3.63) is 75.7 Å². The molecule has 1 aliphatic heterocycles. The third kappa shape index (κ3) is 4.85. The molecule has 1 aliphatic carbocycles. The molecular weight excluding hydrogens is 511 g/mol. The lowest BCUT2D eigenvalue weighted by molar-refractivity contribution is 0.0978. The van der Waals surface area contributed by atoms with Gasteiger partial charge in [-0.2, -0.15) is 0 Å². The molecule has 2 unspecified atom stereocenters. The van der Waals surface area contributed by atoms with Crippen LogP contribution < -0.4 is 15.5 Å². The number of fused-ring (bicyclic) bond motifs is 1. The summed E-state index contributed by atoms with van der Waals surface area (Å²) in [6.45, 7) is 1.43. The van der Waals surface area contributed by atoms with Crippen LogP contribution in [0.1, 0.15) is 27.1 Å². The van der Waals surface area contributed by atoms with Crippen molar-refractivity contribution in [2.24, 2.45) is 17.6 Å². The smallest absolute Gasteiger partial charge is 0.262 e. The molecule has 3 aromatic rings. The minimum Gasteiger partial charge on any atom is -0.368 e. The fourth-order valence-corrected chi connectivity index (χ4v) is 5.23. The lowest BCUT2D eigenvalue weighted by Gasteiger charge is -2.39. The highest BCUT2D eigenvalue weighted by Gasteiger charge is 2.46. The lowest BCUT2D eigenvalue weighted by Crippen LogP contribution is -2.55. The Bertz CT molecular complexity index is 1410. The second-order valence-electron chi connectivity index (χ2n) is 9.41. The molecule has 6 radical (unpaired) electrons. The van der Waals surface area contributed by atoms with Gasteiger partial charge in [0.15, 0.2) is 5.82 Å². The highest BCUT2D eigenvalue weighted by atomic mass is 35.5. The van der Waals surface area contributed by atoms with E-state index in [0.717, 1.165) is 17.4 Å². The molecule has 180 valence electrons. The van der Waals surface area contributed by atoms with Gasteiger partial charge in [0.25, 0.3) is 5.91 Å². The molecule has 6 nitrogen and oxygen atoms in total. The third-order valence-corrected chi connectivity index (χ3v) is 7.35. The highest BCUT2D eigenvalue weighted by molar-refractivity contribution is 6.62. The average Bonchev–Trinajstić information content (AvgIpc) is 3.43. The topological polar surface area (TPSA) is 79.5 Å². The zero-order valence-corrected chi connectivity index (χ0v) is 21.0. The summed E-state index contributed by atoms with van der Waals surface area (Å²) in [5.74, 6) is -1.36. The Balaban J connectivity index is 1.67. The van der Waals surface area contributed by atoms with Crippen molar-refractivity contribution in [2.75, 3.05) is 22.9 Å². The summed E-state index contributed by atoms with van der Waals surface area (Å²) in [6.07, 6.45) is 2.56. The van der Waals surface area contributed by atoms with Gasteiger partial charge in [0.2, 0.25) is 5.91 Å². The number of nitrogens with two attached hydrogens (primary N) is 1. The van der Waals surface area contributed by atoms with Gasteiger partial charge in [-0.15, -0.1) is 0 Å². The van der Waals surface area contributed by atoms with Crippen molar-refractivity contribution < 1.29 is 14.0 Å². The zero-order chi connectivity index (χ0) is 26.6. The predicted octanol–water partition coefficient (Wildman–Crippen LogP) is 3.51. The van der Waals surface area contributed by atoms with E-state index < -0.39 is 28.4 Å². The fourth-order valence-electron chi connectivity index (χ4n) is 4.76. The summed E-state index contributed by atoms with van der Waals surface area (Å²) in [7, 11) is 18.1. The van der Waals surface area contributed by atoms with Gasteiger partial charge in [0, 0.05) is 41.0 Å². The molecule has 2 aliphatic rings. The Labute approximate surface area is 227 Å². The van der Waals surface area contributed by atoms with Gasteiger partial charge in [-0.25, -0.2) is 9.37 Å². The summed E-state index contributed by atoms with van der Waals surface area (Å²) < 4.78 is 14.7. The monoisotopic (exact) mass is 528 g/mol. The van der Waals surface area contributed by atoms with Gasteiger partial charge in [-0.05, 0) is 54.7 Å². The Morgan fingerprint density at radius 1 is 1.08 bits per heavy atom. The van der Waals surface area contributed by atoms with Crippen molar-refractivity contribution in [1.82, 2.24) is 4.98 Å². The maximum atomic E-state index is 14.7. The summed E-state index contributed by atoms with van der Waals surface area (Å²) in [5.41, 5.74) is 6.85. The third-order valence-electron chi connectivity index (χ3n) is 6.71. The molecule has 1 saturated heterocycles. The first-order valence-corrected chi connectivity index (χ1v) is 12.2. The van der Waals surface area contributed by atoms with Crippen LogP contribution in [0.15, 0.2) is 48.7 Å². The van der Waals surface area contributed by atoms with E-state index in [-0.39, 0.29) is 16.4 Å². The van der Waals surface area contributed by atoms with Crippen molar-refractivity contribution in [3.63, 3.8) is 0 Å². The van der Waals surface area contributed by atoms with Gasteiger partial charge in [-0.1, -0.05) is 34.5 Å². The SMILES string of the molecule is [B]C([B])([B])N(C(=O)c1c(F)cccc1Cl)c1ncc(-c2cc(C(N)=O)ccc2Cl)cc1N1CC2CC2C1. The van der Waals surface area contributed by atoms with E-state index in [1.807, 2.05) is 4.90 Å². The number of rotatable bonds is 6. The molecule has 2 amide bonds. The number of pyridine rings is 1. The molecule has 37 heavy (non-hydrogen) atoms. The van der Waals surface area contributed by atoms with Gasteiger partial charge in [0.05, 0.1) is 39.8 Å². The number of carbonyl (C=O) groups excluding carboxylic acids is 2. The average molecular weight is 529 g/mol. The van der Waals surface area contributed by atoms with Crippen LogP contribution in [0, 0.1) is 17.7 Å². The van der Waals surface area contributed by atoms with Crippen LogP contribution in [0.4, 0.5) is 15.9 Å². The number of anilines is 2. The molecule has 2 heterocycles. The van der Waals surface area contributed by atoms with Gasteiger partial charge < -0.3 is 15.5 Å². The van der Waals surface area contributed by atoms with E-state index in [1.165, 1.54) is 24.4 Å². The maximum absolute atomic E-state index is 14.7. The number of hydrogen-bond acceptors (Lipinski definition) is 4. The molecular formula is C25H18B3Cl2FN4O2. The van der Waals surface area contributed by atoms with E-state index >= 15 is 0 Å². The Hall–Kier alpha value is -2.97. The minimum atomic E-state index is -2.25. The number of nitrogens with zero attached hydrogens (tertiary/aromatic N) is 3. The summed E-state index contributed by atoms with van der Waals surface area (Å²) in [6, 6.07) is 10.3. The van der Waals surface area contributed by atoms with Gasteiger partial charge in [-0.3, -0.25) is 9.59 Å². The van der Waals surface area contributed by atoms with E-state index in [9.17, 15) is 14.0 Å². The molecule has 0 bridgehead atoms. The first-order chi connectivity index (χ1) is 17.5. The van der Waals surface area contributed by atoms with Crippen LogP contribution >= 0.6 is 23.2 Å². The van der Waals surface area contributed by atoms with Crippen LogP contribution in [0.2, 0.25) is 10.0 Å². The summed E-state index contributed by atoms with van der Waals surface area (Å²) in [5, 5.41) is -2.01. The molecule has 12 heteroatoms. The second-order valence-corrected chi connectivity index (χ2v) is 10.2. The largest absolute Gasteiger partial charge is 0.368 e. The van der Waals surface area contributed by atoms with Crippen LogP contribution in [-0.4, -0.2) is 58.7 Å². The molecule has 1 saturated carbocycles. The number of primary amides is 1. The summed E-state index contributed by atoms with van der Waals surface area (Å²) in [4.78, 5) is 32.8. The number of piperidine rings is 1. The molecule has 0 spiro atoms. The second kappa shape index (κ2) is 9.41. The predicted molar refractivity (Wildman–Crippen MR) is 145 cm³/mol. The minimum absolute atomic E-state index is 0.0315. The van der Waals surface area contributed by atoms with E-state index in [1.54, 1.807) is 18.2 Å². The normalized spacial score (nSPS) is 18.4. The molecule has 2 atom stereocenters. The molecule has 2 N–H and O–H groups in total. The number of carbonyl (C=O) groups is 2. The Morgan fingerprint density at radius 3 is 2.41 bits per heavy atom. The van der Waals surface area contributed by atoms with E-state index in [0.29, 0.717) is 46.8 Å². The van der Waals surface area contributed by atoms with Crippen molar-refractivity contribution in [2.45, 2.75) is 11.7 Å². The van der Waals surface area contributed by atoms with Crippen LogP contribution in [0.5, 0.6) is 0 Å². The Morgan fingerprint density at radius 2 is 1.78 bits per heavy atom. The van der Waals surface area contributed by atoms with E-state index in [2.05, 4.69) is 4.98 Å². The number of benzene rings is 2. The standard InChI is InChI=1S/C25H18B3Cl2FN4O2/c26-25(27,28)35(24(37)21-18(30)2-1-3-19(21)31)23-20(34-10-14-6-15(14)11-34)8-13(9-33-23)16-7-12(22(32)36)4-5-17(16)29/h1-5,7-9,14-15H,6,10-11H2,(H2,32,36). The molecule has 5 rings (SSSR count). The lowest BCUT2D eigenvalue weighted by atomic mass is 9.48. The molecule has 1 aromatic heterocycles. The maximum Gasteiger partial charge on any atom is 0.262 e. The highest BCUT2D eigenvalue weighted by Crippen LogP contribution is 2.48. The van der Waals surface area contributed by atoms with Crippen molar-refractivity contribution >= 4 is 70.1 Å². The van der Waals surface area contributed by atoms with Gasteiger partial charge in [0.1, 0.15) is 5.82 Å². The fraction of sp³-hybridized carbons (Fsp3) is 0.240. The van der Waals surface area contributed by atoms with Crippen molar-refractivity contribution in [3.8, 4) is 11.1 Å². The zero-order valence-electron chi connectivity index (χ0n) is 19.5. The van der Waals surface area contributed by atoms with Gasteiger partial charge >= 0.3 is 0 Å². The number of aromatic nitrogens is 1. The molecule has 2 fully saturated rings. The van der Waals surface area contributed by atoms with E-state index in [4.69, 9.17) is 52.5 Å². The van der Waals surface area contributed by atoms with Crippen molar-refractivity contribution in [1.29, 1.82) is 0 Å². The first kappa shape index (κ1) is 25.7. The Kier molecular flexibility index (Phi) is 6.53. The number of amides is 2. The summed E-state index contributed by atoms with van der Waals surface area (Å²) >= 11 is 12.6. The first-order valence-electron chi connectivity index (χ1n) is 11.5. The number of halogens is 3. The number of hydrogen-bond donors (Lipinski definition) is 1. The van der Waals surface area contributed by atoms with Crippen LogP contribution in [-0.2, 0) is 0 Å². The van der Waals surface area contributed by atoms with Crippen LogP contribution in [0.3, 0.4) is 0 Å².